The number of nitrogens with zero attached hydrogens (tertiary/aromatic N) is 4. The van der Waals surface area contributed by atoms with Crippen LogP contribution in [-0.2, 0) is 13.0 Å². The van der Waals surface area contributed by atoms with E-state index < -0.39 is 0 Å². The van der Waals surface area contributed by atoms with Gasteiger partial charge in [0.25, 0.3) is 5.91 Å². The second-order valence-electron chi connectivity index (χ2n) is 7.72. The number of amides is 1. The Balaban J connectivity index is 1.68. The average molecular weight is 406 g/mol. The summed E-state index contributed by atoms with van der Waals surface area (Å²) >= 11 is 6.12. The molecule has 3 rings (SSSR count). The first-order valence-corrected chi connectivity index (χ1v) is 10.0. The van der Waals surface area contributed by atoms with Crippen molar-refractivity contribution in [2.24, 2.45) is 0 Å². The molecule has 0 spiro atoms. The minimum atomic E-state index is -0.181. The van der Waals surface area contributed by atoms with Crippen LogP contribution in [0.4, 0.5) is 0 Å². The summed E-state index contributed by atoms with van der Waals surface area (Å²) in [6.07, 6.45) is 1.63. The van der Waals surface area contributed by atoms with Crippen molar-refractivity contribution in [1.29, 1.82) is 0 Å². The average Bonchev–Trinajstić information content (AvgIpc) is 3.06. The van der Waals surface area contributed by atoms with E-state index in [9.17, 15) is 4.79 Å². The predicted molar refractivity (Wildman–Crippen MR) is 109 cm³/mol. The zero-order valence-corrected chi connectivity index (χ0v) is 17.7. The lowest BCUT2D eigenvalue weighted by Gasteiger charge is -2.24. The van der Waals surface area contributed by atoms with E-state index in [0.717, 1.165) is 31.0 Å². The van der Waals surface area contributed by atoms with Crippen LogP contribution in [0.3, 0.4) is 0 Å². The number of carbonyl (C=O) groups excluding carboxylic acids is 1. The minimum absolute atomic E-state index is 0.00433. The summed E-state index contributed by atoms with van der Waals surface area (Å²) in [6, 6.07) is 5.13. The van der Waals surface area contributed by atoms with Crippen LogP contribution >= 0.6 is 11.6 Å². The fourth-order valence-electron chi connectivity index (χ4n) is 3.10. The highest BCUT2D eigenvalue weighted by Crippen LogP contribution is 2.24. The summed E-state index contributed by atoms with van der Waals surface area (Å²) in [4.78, 5) is 19.5. The quantitative estimate of drug-likeness (QED) is 0.766. The van der Waals surface area contributed by atoms with Crippen LogP contribution in [-0.4, -0.2) is 58.9 Å². The van der Waals surface area contributed by atoms with Crippen LogP contribution in [0.15, 0.2) is 18.2 Å². The molecule has 1 aliphatic heterocycles. The molecule has 0 bridgehead atoms. The van der Waals surface area contributed by atoms with E-state index in [1.165, 1.54) is 0 Å². The van der Waals surface area contributed by atoms with Crippen molar-refractivity contribution in [3.8, 4) is 5.75 Å². The second-order valence-corrected chi connectivity index (χ2v) is 8.16. The molecule has 0 saturated heterocycles. The van der Waals surface area contributed by atoms with Crippen LogP contribution in [0.5, 0.6) is 5.75 Å². The maximum atomic E-state index is 12.9. The molecule has 7 nitrogen and oxygen atoms in total. The lowest BCUT2D eigenvalue weighted by Crippen LogP contribution is -2.41. The van der Waals surface area contributed by atoms with Gasteiger partial charge in [-0.05, 0) is 38.7 Å². The molecule has 0 aliphatic carbocycles. The number of aromatic nitrogens is 3. The van der Waals surface area contributed by atoms with Crippen molar-refractivity contribution in [3.05, 3.63) is 40.4 Å². The Labute approximate surface area is 171 Å². The van der Waals surface area contributed by atoms with Gasteiger partial charge < -0.3 is 15.0 Å². The molecule has 2 aromatic rings. The summed E-state index contributed by atoms with van der Waals surface area (Å²) in [7, 11) is 3.95. The molecule has 1 amide bonds. The van der Waals surface area contributed by atoms with Crippen molar-refractivity contribution in [2.45, 2.75) is 45.2 Å². The molecule has 0 fully saturated rings. The Morgan fingerprint density at radius 3 is 2.93 bits per heavy atom. The first-order chi connectivity index (χ1) is 13.3. The third kappa shape index (κ3) is 5.02. The standard InChI is InChI=1S/C20H28ClN5O2/c1-13(2)19-23-18-8-6-15(12-26(18)24-19)22-20(27)16-11-14(21)5-7-17(16)28-10-9-25(3)4/h5,7,11,13,15H,6,8-10,12H2,1-4H3,(H,22,27). The fraction of sp³-hybridized carbons (Fsp3) is 0.550. The highest BCUT2D eigenvalue weighted by atomic mass is 35.5. The van der Waals surface area contributed by atoms with Crippen LogP contribution in [0.2, 0.25) is 5.02 Å². The van der Waals surface area contributed by atoms with Gasteiger partial charge in [-0.1, -0.05) is 25.4 Å². The third-order valence-electron chi connectivity index (χ3n) is 4.71. The molecule has 1 unspecified atom stereocenters. The van der Waals surface area contributed by atoms with Gasteiger partial charge in [0.1, 0.15) is 18.2 Å². The summed E-state index contributed by atoms with van der Waals surface area (Å²) < 4.78 is 7.72. The first-order valence-electron chi connectivity index (χ1n) is 9.65. The number of likely N-dealkylation sites (N-methyl/N-ethyl adjacent to an activating group) is 1. The molecule has 2 heterocycles. The van der Waals surface area contributed by atoms with E-state index >= 15 is 0 Å². The van der Waals surface area contributed by atoms with Gasteiger partial charge in [0, 0.05) is 29.9 Å². The molecule has 0 saturated carbocycles. The SMILES string of the molecule is CC(C)c1nc2n(n1)CC(NC(=O)c1cc(Cl)ccc1OCCN(C)C)CC2. The number of halogens is 1. The summed E-state index contributed by atoms with van der Waals surface area (Å²) in [5.74, 6) is 2.50. The number of ether oxygens (including phenoxy) is 1. The molecule has 1 aromatic carbocycles. The van der Waals surface area contributed by atoms with E-state index in [1.807, 2.05) is 23.7 Å². The van der Waals surface area contributed by atoms with Gasteiger partial charge in [-0.15, -0.1) is 0 Å². The number of fused-ring (bicyclic) bond motifs is 1. The van der Waals surface area contributed by atoms with Crippen molar-refractivity contribution in [2.75, 3.05) is 27.2 Å². The molecule has 28 heavy (non-hydrogen) atoms. The topological polar surface area (TPSA) is 72.3 Å². The Bertz CT molecular complexity index is 834. The normalized spacial score (nSPS) is 16.3. The van der Waals surface area contributed by atoms with E-state index in [2.05, 4.69) is 29.2 Å². The largest absolute Gasteiger partial charge is 0.491 e. The number of aryl methyl sites for hydroxylation is 1. The summed E-state index contributed by atoms with van der Waals surface area (Å²) in [5.41, 5.74) is 0.457. The highest BCUT2D eigenvalue weighted by molar-refractivity contribution is 6.31. The number of rotatable bonds is 7. The molecular formula is C20H28ClN5O2. The van der Waals surface area contributed by atoms with Gasteiger partial charge in [-0.25, -0.2) is 9.67 Å². The Morgan fingerprint density at radius 2 is 2.21 bits per heavy atom. The maximum Gasteiger partial charge on any atom is 0.255 e. The lowest BCUT2D eigenvalue weighted by atomic mass is 10.1. The Morgan fingerprint density at radius 1 is 1.43 bits per heavy atom. The zero-order chi connectivity index (χ0) is 20.3. The number of hydrogen-bond acceptors (Lipinski definition) is 5. The third-order valence-corrected chi connectivity index (χ3v) is 4.94. The summed E-state index contributed by atoms with van der Waals surface area (Å²) in [5, 5.41) is 8.19. The van der Waals surface area contributed by atoms with E-state index in [-0.39, 0.29) is 11.9 Å². The monoisotopic (exact) mass is 405 g/mol. The Hall–Kier alpha value is -2.12. The Kier molecular flexibility index (Phi) is 6.57. The summed E-state index contributed by atoms with van der Waals surface area (Å²) in [6.45, 7) is 6.05. The molecular weight excluding hydrogens is 378 g/mol. The number of hydrogen-bond donors (Lipinski definition) is 1. The van der Waals surface area contributed by atoms with Crippen molar-refractivity contribution in [3.63, 3.8) is 0 Å². The molecule has 1 aliphatic rings. The maximum absolute atomic E-state index is 12.9. The molecule has 0 radical (unpaired) electrons. The highest BCUT2D eigenvalue weighted by Gasteiger charge is 2.25. The van der Waals surface area contributed by atoms with Gasteiger partial charge in [0.2, 0.25) is 0 Å². The first kappa shape index (κ1) is 20.6. The predicted octanol–water partition coefficient (Wildman–Crippen LogP) is 2.74. The van der Waals surface area contributed by atoms with Crippen LogP contribution in [0, 0.1) is 0 Å². The van der Waals surface area contributed by atoms with Crippen molar-refractivity contribution >= 4 is 17.5 Å². The van der Waals surface area contributed by atoms with Crippen LogP contribution in [0.25, 0.3) is 0 Å². The fourth-order valence-corrected chi connectivity index (χ4v) is 3.27. The lowest BCUT2D eigenvalue weighted by molar-refractivity contribution is 0.0921. The van der Waals surface area contributed by atoms with E-state index in [0.29, 0.717) is 35.4 Å². The van der Waals surface area contributed by atoms with E-state index in [1.54, 1.807) is 18.2 Å². The number of nitrogens with one attached hydrogen (secondary N) is 1. The number of carbonyl (C=O) groups is 1. The van der Waals surface area contributed by atoms with Gasteiger partial charge in [0.15, 0.2) is 5.82 Å². The molecule has 1 aromatic heterocycles. The smallest absolute Gasteiger partial charge is 0.255 e. The van der Waals surface area contributed by atoms with Gasteiger partial charge in [-0.2, -0.15) is 5.10 Å². The zero-order valence-electron chi connectivity index (χ0n) is 16.9. The van der Waals surface area contributed by atoms with Crippen LogP contribution < -0.4 is 10.1 Å². The number of benzene rings is 1. The van der Waals surface area contributed by atoms with Crippen molar-refractivity contribution in [1.82, 2.24) is 25.0 Å². The van der Waals surface area contributed by atoms with Crippen molar-refractivity contribution < 1.29 is 9.53 Å². The van der Waals surface area contributed by atoms with Gasteiger partial charge in [0.05, 0.1) is 12.1 Å². The molecule has 152 valence electrons. The van der Waals surface area contributed by atoms with Gasteiger partial charge in [-0.3, -0.25) is 4.79 Å². The minimum Gasteiger partial charge on any atom is -0.491 e. The molecule has 1 N–H and O–H groups in total. The molecule has 8 heteroatoms. The van der Waals surface area contributed by atoms with E-state index in [4.69, 9.17) is 16.3 Å². The van der Waals surface area contributed by atoms with Gasteiger partial charge >= 0.3 is 0 Å². The molecule has 1 atom stereocenters. The second kappa shape index (κ2) is 8.92. The van der Waals surface area contributed by atoms with Crippen LogP contribution in [0.1, 0.15) is 48.2 Å².